The molecule has 0 saturated heterocycles. The van der Waals surface area contributed by atoms with Crippen LogP contribution in [0.1, 0.15) is 10.4 Å². The summed E-state index contributed by atoms with van der Waals surface area (Å²) in [7, 11) is 0. The fourth-order valence-electron chi connectivity index (χ4n) is 1.59. The van der Waals surface area contributed by atoms with Gasteiger partial charge in [-0.25, -0.2) is 4.79 Å². The number of ether oxygens (including phenoxy) is 2. The van der Waals surface area contributed by atoms with Crippen LogP contribution in [0, 0.1) is 3.57 Å². The second-order valence-electron chi connectivity index (χ2n) is 4.10. The molecule has 110 valence electrons. The molecule has 0 bridgehead atoms. The highest BCUT2D eigenvalue weighted by Crippen LogP contribution is 2.22. The molecule has 0 saturated carbocycles. The minimum absolute atomic E-state index is 0.208. The Morgan fingerprint density at radius 3 is 2.43 bits per heavy atom. The third-order valence-corrected chi connectivity index (χ3v) is 4.02. The Hall–Kier alpha value is -1.28. The molecule has 6 heteroatoms. The lowest BCUT2D eigenvalue weighted by atomic mass is 10.2. The van der Waals surface area contributed by atoms with Crippen LogP contribution in [0.15, 0.2) is 46.9 Å². The maximum absolute atomic E-state index is 10.9. The van der Waals surface area contributed by atoms with E-state index < -0.39 is 5.97 Å². The van der Waals surface area contributed by atoms with Gasteiger partial charge in [-0.2, -0.15) is 0 Å². The van der Waals surface area contributed by atoms with Crippen LogP contribution in [0.25, 0.3) is 0 Å². The fourth-order valence-corrected chi connectivity index (χ4v) is 2.34. The fraction of sp³-hybridized carbons (Fsp3) is 0.133. The lowest BCUT2D eigenvalue weighted by Crippen LogP contribution is -2.10. The van der Waals surface area contributed by atoms with E-state index >= 15 is 0 Å². The summed E-state index contributed by atoms with van der Waals surface area (Å²) in [6.45, 7) is 0.726. The second-order valence-corrected chi connectivity index (χ2v) is 6.18. The van der Waals surface area contributed by atoms with Crippen molar-refractivity contribution in [2.75, 3.05) is 13.2 Å². The van der Waals surface area contributed by atoms with Crippen LogP contribution in [0.5, 0.6) is 11.5 Å². The lowest BCUT2D eigenvalue weighted by Gasteiger charge is -2.10. The molecule has 21 heavy (non-hydrogen) atoms. The SMILES string of the molecule is O=C(O)c1ccc(I)c(OCCOc2ccc(Br)cc2)c1. The molecule has 0 aliphatic heterocycles. The van der Waals surface area contributed by atoms with Gasteiger partial charge in [0, 0.05) is 4.47 Å². The van der Waals surface area contributed by atoms with Crippen LogP contribution in [-0.2, 0) is 0 Å². The highest BCUT2D eigenvalue weighted by molar-refractivity contribution is 14.1. The summed E-state index contributed by atoms with van der Waals surface area (Å²) in [6.07, 6.45) is 0. The van der Waals surface area contributed by atoms with E-state index in [0.717, 1.165) is 13.8 Å². The number of halogens is 2. The van der Waals surface area contributed by atoms with Crippen LogP contribution in [0.2, 0.25) is 0 Å². The third kappa shape index (κ3) is 4.89. The maximum atomic E-state index is 10.9. The predicted molar refractivity (Wildman–Crippen MR) is 91.3 cm³/mol. The molecule has 0 fully saturated rings. The smallest absolute Gasteiger partial charge is 0.335 e. The number of benzene rings is 2. The number of carbonyl (C=O) groups is 1. The molecular weight excluding hydrogens is 451 g/mol. The van der Waals surface area contributed by atoms with Crippen molar-refractivity contribution in [2.24, 2.45) is 0 Å². The van der Waals surface area contributed by atoms with Crippen molar-refractivity contribution in [1.29, 1.82) is 0 Å². The van der Waals surface area contributed by atoms with E-state index in [2.05, 4.69) is 38.5 Å². The van der Waals surface area contributed by atoms with Gasteiger partial charge in [-0.1, -0.05) is 15.9 Å². The van der Waals surface area contributed by atoms with E-state index in [1.54, 1.807) is 12.1 Å². The number of carboxylic acid groups (broad SMARTS) is 1. The van der Waals surface area contributed by atoms with E-state index in [0.29, 0.717) is 19.0 Å². The van der Waals surface area contributed by atoms with Gasteiger partial charge in [0.05, 0.1) is 9.13 Å². The minimum Gasteiger partial charge on any atom is -0.490 e. The Kier molecular flexibility index (Phi) is 5.86. The number of hydrogen-bond donors (Lipinski definition) is 1. The summed E-state index contributed by atoms with van der Waals surface area (Å²) in [5.74, 6) is 0.341. The highest BCUT2D eigenvalue weighted by atomic mass is 127. The first-order valence-electron chi connectivity index (χ1n) is 6.10. The van der Waals surface area contributed by atoms with E-state index in [9.17, 15) is 4.79 Å². The predicted octanol–water partition coefficient (Wildman–Crippen LogP) is 4.21. The van der Waals surface area contributed by atoms with Crippen molar-refractivity contribution in [3.63, 3.8) is 0 Å². The third-order valence-electron chi connectivity index (χ3n) is 2.60. The Balaban J connectivity index is 1.87. The molecule has 0 amide bonds. The maximum Gasteiger partial charge on any atom is 0.335 e. The number of carboxylic acids is 1. The van der Waals surface area contributed by atoms with E-state index in [-0.39, 0.29) is 5.56 Å². The van der Waals surface area contributed by atoms with Crippen molar-refractivity contribution in [3.8, 4) is 11.5 Å². The first-order valence-corrected chi connectivity index (χ1v) is 7.97. The normalized spacial score (nSPS) is 10.2. The van der Waals surface area contributed by atoms with Crippen molar-refractivity contribution in [1.82, 2.24) is 0 Å². The molecule has 0 radical (unpaired) electrons. The second kappa shape index (κ2) is 7.65. The molecule has 0 spiro atoms. The van der Waals surface area contributed by atoms with E-state index in [1.165, 1.54) is 6.07 Å². The number of rotatable bonds is 6. The Labute approximate surface area is 144 Å². The molecule has 1 N–H and O–H groups in total. The number of aromatic carboxylic acids is 1. The van der Waals surface area contributed by atoms with Gasteiger partial charge in [0.2, 0.25) is 0 Å². The molecule has 4 nitrogen and oxygen atoms in total. The van der Waals surface area contributed by atoms with Gasteiger partial charge in [-0.05, 0) is 65.1 Å². The van der Waals surface area contributed by atoms with Crippen molar-refractivity contribution < 1.29 is 19.4 Å². The van der Waals surface area contributed by atoms with Gasteiger partial charge in [-0.15, -0.1) is 0 Å². The van der Waals surface area contributed by atoms with E-state index in [4.69, 9.17) is 14.6 Å². The van der Waals surface area contributed by atoms with Gasteiger partial charge in [0.15, 0.2) is 0 Å². The first-order chi connectivity index (χ1) is 10.1. The zero-order chi connectivity index (χ0) is 15.2. The quantitative estimate of drug-likeness (QED) is 0.516. The lowest BCUT2D eigenvalue weighted by molar-refractivity contribution is 0.0696. The molecule has 2 rings (SSSR count). The van der Waals surface area contributed by atoms with Crippen LogP contribution >= 0.6 is 38.5 Å². The van der Waals surface area contributed by atoms with Crippen LogP contribution in [0.3, 0.4) is 0 Å². The summed E-state index contributed by atoms with van der Waals surface area (Å²) in [5, 5.41) is 8.96. The van der Waals surface area contributed by atoms with Crippen molar-refractivity contribution >= 4 is 44.5 Å². The molecule has 0 aliphatic rings. The Bertz CT molecular complexity index is 628. The standard InChI is InChI=1S/C15H12BrIO4/c16-11-2-4-12(5-3-11)20-7-8-21-14-9-10(15(18)19)1-6-13(14)17/h1-6,9H,7-8H2,(H,18,19). The molecule has 0 atom stereocenters. The average molecular weight is 463 g/mol. The van der Waals surface area contributed by atoms with Crippen LogP contribution in [-0.4, -0.2) is 24.3 Å². The van der Waals surface area contributed by atoms with Gasteiger partial charge >= 0.3 is 5.97 Å². The summed E-state index contributed by atoms with van der Waals surface area (Å²) < 4.78 is 13.0. The Morgan fingerprint density at radius 2 is 1.76 bits per heavy atom. The van der Waals surface area contributed by atoms with Crippen LogP contribution in [0.4, 0.5) is 0 Å². The van der Waals surface area contributed by atoms with Crippen molar-refractivity contribution in [3.05, 3.63) is 56.1 Å². The zero-order valence-corrected chi connectivity index (χ0v) is 14.6. The topological polar surface area (TPSA) is 55.8 Å². The zero-order valence-electron chi connectivity index (χ0n) is 10.9. The van der Waals surface area contributed by atoms with Gasteiger partial charge in [-0.3, -0.25) is 0 Å². The molecule has 2 aromatic carbocycles. The van der Waals surface area contributed by atoms with Gasteiger partial charge < -0.3 is 14.6 Å². The molecule has 0 heterocycles. The molecule has 0 unspecified atom stereocenters. The summed E-state index contributed by atoms with van der Waals surface area (Å²) in [4.78, 5) is 10.9. The molecule has 0 aromatic heterocycles. The summed E-state index contributed by atoms with van der Waals surface area (Å²) in [6, 6.07) is 12.3. The molecule has 0 aliphatic carbocycles. The number of hydrogen-bond acceptors (Lipinski definition) is 3. The monoisotopic (exact) mass is 462 g/mol. The minimum atomic E-state index is -0.970. The first kappa shape index (κ1) is 16.1. The highest BCUT2D eigenvalue weighted by Gasteiger charge is 2.08. The average Bonchev–Trinajstić information content (AvgIpc) is 2.47. The van der Waals surface area contributed by atoms with E-state index in [1.807, 2.05) is 24.3 Å². The summed E-state index contributed by atoms with van der Waals surface area (Å²) in [5.41, 5.74) is 0.208. The molecular formula is C15H12BrIO4. The summed E-state index contributed by atoms with van der Waals surface area (Å²) >= 11 is 5.46. The van der Waals surface area contributed by atoms with Gasteiger partial charge in [0.1, 0.15) is 24.7 Å². The van der Waals surface area contributed by atoms with Crippen LogP contribution < -0.4 is 9.47 Å². The Morgan fingerprint density at radius 1 is 1.10 bits per heavy atom. The molecule has 2 aromatic rings. The van der Waals surface area contributed by atoms with Crippen molar-refractivity contribution in [2.45, 2.75) is 0 Å². The van der Waals surface area contributed by atoms with Gasteiger partial charge in [0.25, 0.3) is 0 Å². The largest absolute Gasteiger partial charge is 0.490 e.